The average molecular weight is 462 g/mol. The standard InChI is InChI=1S/C28H47N3.ClH/c1-26(2)19-15-12-10-8-6-4-3-5-7-9-11-13-18-24-31(28-29-22-23-30-28)25-27-20-16-14-17-21-27;/h14,16-17,20-23,26H,3-13,15,18-19,24-25H2,1-2H3,(H,29,30);1H. The molecule has 0 aliphatic rings. The van der Waals surface area contributed by atoms with Crippen LogP contribution in [-0.2, 0) is 6.54 Å². The molecule has 0 saturated carbocycles. The maximum Gasteiger partial charge on any atom is 0.304 e. The Hall–Kier alpha value is -1.32. The molecule has 2 N–H and O–H groups in total. The Kier molecular flexibility index (Phi) is 17.2. The highest BCUT2D eigenvalue weighted by atomic mass is 35.5. The molecular formula is C28H48ClN3. The Balaban J connectivity index is 0.00000512. The van der Waals surface area contributed by atoms with Gasteiger partial charge in [0.05, 0.1) is 12.7 Å². The number of quaternary nitrogens is 1. The lowest BCUT2D eigenvalue weighted by molar-refractivity contribution is -0.852. The van der Waals surface area contributed by atoms with Crippen LogP contribution in [0, 0.1) is 5.92 Å². The van der Waals surface area contributed by atoms with Crippen LogP contribution in [0.2, 0.25) is 0 Å². The zero-order valence-corrected chi connectivity index (χ0v) is 21.5. The number of hydrogen-bond acceptors (Lipinski definition) is 1. The van der Waals surface area contributed by atoms with Gasteiger partial charge in [0, 0.05) is 11.8 Å². The van der Waals surface area contributed by atoms with Crippen LogP contribution in [0.3, 0.4) is 0 Å². The number of unbranched alkanes of at least 4 members (excludes halogenated alkanes) is 12. The van der Waals surface area contributed by atoms with E-state index in [1.165, 1.54) is 100 Å². The van der Waals surface area contributed by atoms with E-state index in [1.54, 1.807) is 0 Å². The maximum atomic E-state index is 4.51. The third-order valence-corrected chi connectivity index (χ3v) is 6.35. The van der Waals surface area contributed by atoms with Crippen molar-refractivity contribution in [1.29, 1.82) is 0 Å². The van der Waals surface area contributed by atoms with E-state index in [1.807, 2.05) is 12.4 Å². The van der Waals surface area contributed by atoms with Gasteiger partial charge in [0.25, 0.3) is 0 Å². The fourth-order valence-electron chi connectivity index (χ4n) is 4.43. The third-order valence-electron chi connectivity index (χ3n) is 6.35. The summed E-state index contributed by atoms with van der Waals surface area (Å²) in [6, 6.07) is 10.8. The predicted molar refractivity (Wildman–Crippen MR) is 134 cm³/mol. The number of aromatic nitrogens is 2. The van der Waals surface area contributed by atoms with E-state index in [2.05, 4.69) is 54.1 Å². The minimum absolute atomic E-state index is 0. The summed E-state index contributed by atoms with van der Waals surface area (Å²) in [6.45, 7) is 6.83. The van der Waals surface area contributed by atoms with Crippen molar-refractivity contribution >= 4 is 5.95 Å². The zero-order chi connectivity index (χ0) is 22.0. The third kappa shape index (κ3) is 14.0. The van der Waals surface area contributed by atoms with E-state index < -0.39 is 0 Å². The summed E-state index contributed by atoms with van der Waals surface area (Å²) in [7, 11) is 0. The normalized spacial score (nSPS) is 12.1. The van der Waals surface area contributed by atoms with Crippen LogP contribution in [0.25, 0.3) is 0 Å². The number of aromatic amines is 1. The summed E-state index contributed by atoms with van der Waals surface area (Å²) in [5, 5.41) is 0. The Morgan fingerprint density at radius 2 is 1.28 bits per heavy atom. The molecule has 0 amide bonds. The molecule has 3 nitrogen and oxygen atoms in total. The number of halogens is 1. The number of H-pyrrole nitrogens is 1. The Labute approximate surface area is 204 Å². The number of nitrogens with zero attached hydrogens (tertiary/aromatic N) is 1. The van der Waals surface area contributed by atoms with Crippen molar-refractivity contribution in [3.63, 3.8) is 0 Å². The summed E-state index contributed by atoms with van der Waals surface area (Å²) in [6.07, 6.45) is 23.6. The second-order valence-corrected chi connectivity index (χ2v) is 9.73. The van der Waals surface area contributed by atoms with E-state index in [0.29, 0.717) is 0 Å². The van der Waals surface area contributed by atoms with Crippen LogP contribution in [0.5, 0.6) is 0 Å². The molecule has 182 valence electrons. The van der Waals surface area contributed by atoms with E-state index in [9.17, 15) is 0 Å². The van der Waals surface area contributed by atoms with Gasteiger partial charge in [0.2, 0.25) is 0 Å². The van der Waals surface area contributed by atoms with Gasteiger partial charge in [0.1, 0.15) is 6.54 Å². The van der Waals surface area contributed by atoms with Crippen molar-refractivity contribution < 1.29 is 17.3 Å². The van der Waals surface area contributed by atoms with Gasteiger partial charge in [0.15, 0.2) is 0 Å². The Morgan fingerprint density at radius 1 is 0.750 bits per heavy atom. The minimum Gasteiger partial charge on any atom is -1.00 e. The van der Waals surface area contributed by atoms with Gasteiger partial charge >= 0.3 is 5.95 Å². The van der Waals surface area contributed by atoms with E-state index in [0.717, 1.165) is 25.0 Å². The molecule has 0 spiro atoms. The molecule has 2 aromatic rings. The van der Waals surface area contributed by atoms with Crippen molar-refractivity contribution in [2.75, 3.05) is 6.54 Å². The van der Waals surface area contributed by atoms with E-state index in [4.69, 9.17) is 0 Å². The van der Waals surface area contributed by atoms with Crippen LogP contribution in [-0.4, -0.2) is 16.5 Å². The van der Waals surface area contributed by atoms with Crippen molar-refractivity contribution in [1.82, 2.24) is 9.97 Å². The molecule has 2 rings (SSSR count). The van der Waals surface area contributed by atoms with Gasteiger partial charge in [-0.2, -0.15) is 4.98 Å². The molecule has 1 unspecified atom stereocenters. The quantitative estimate of drug-likeness (QED) is 0.301. The second-order valence-electron chi connectivity index (χ2n) is 9.73. The predicted octanol–water partition coefficient (Wildman–Crippen LogP) is 4.25. The zero-order valence-electron chi connectivity index (χ0n) is 20.8. The minimum atomic E-state index is 0. The first-order valence-electron chi connectivity index (χ1n) is 13.1. The Bertz CT molecular complexity index is 627. The van der Waals surface area contributed by atoms with Crippen molar-refractivity contribution in [3.8, 4) is 0 Å². The first-order valence-corrected chi connectivity index (χ1v) is 13.1. The number of rotatable bonds is 19. The highest BCUT2D eigenvalue weighted by molar-refractivity contribution is 5.14. The van der Waals surface area contributed by atoms with Crippen LogP contribution in [0.15, 0.2) is 42.7 Å². The number of imidazole rings is 1. The van der Waals surface area contributed by atoms with Crippen molar-refractivity contribution in [3.05, 3.63) is 48.3 Å². The fourth-order valence-corrected chi connectivity index (χ4v) is 4.43. The molecule has 0 radical (unpaired) electrons. The van der Waals surface area contributed by atoms with Gasteiger partial charge in [-0.3, -0.25) is 9.88 Å². The van der Waals surface area contributed by atoms with Gasteiger partial charge in [-0.05, 0) is 18.8 Å². The molecule has 1 heterocycles. The highest BCUT2D eigenvalue weighted by Crippen LogP contribution is 2.14. The lowest BCUT2D eigenvalue weighted by atomic mass is 10.0. The summed E-state index contributed by atoms with van der Waals surface area (Å²) in [4.78, 5) is 9.27. The summed E-state index contributed by atoms with van der Waals surface area (Å²) < 4.78 is 0. The smallest absolute Gasteiger partial charge is 0.304 e. The SMILES string of the molecule is CC(C)CCCCCCCCCCCCCCC[NH+](Cc1ccccc1)c1ncc[nH]1.[Cl-]. The fraction of sp³-hybridized carbons (Fsp3) is 0.679. The number of benzene rings is 1. The van der Waals surface area contributed by atoms with Crippen molar-refractivity contribution in [2.45, 2.75) is 110 Å². The van der Waals surface area contributed by atoms with E-state index in [-0.39, 0.29) is 12.4 Å². The van der Waals surface area contributed by atoms with Crippen LogP contribution < -0.4 is 17.3 Å². The monoisotopic (exact) mass is 461 g/mol. The maximum absolute atomic E-state index is 4.51. The van der Waals surface area contributed by atoms with Crippen molar-refractivity contribution in [2.24, 2.45) is 5.92 Å². The molecule has 0 bridgehead atoms. The number of nitrogens with one attached hydrogen (secondary N) is 2. The Morgan fingerprint density at radius 3 is 1.78 bits per heavy atom. The number of hydrogen-bond donors (Lipinski definition) is 2. The van der Waals surface area contributed by atoms with Gasteiger partial charge < -0.3 is 12.4 Å². The van der Waals surface area contributed by atoms with Crippen LogP contribution >= 0.6 is 0 Å². The highest BCUT2D eigenvalue weighted by Gasteiger charge is 2.14. The molecular weight excluding hydrogens is 414 g/mol. The van der Waals surface area contributed by atoms with Crippen LogP contribution in [0.1, 0.15) is 109 Å². The van der Waals surface area contributed by atoms with Crippen LogP contribution in [0.4, 0.5) is 5.95 Å². The molecule has 1 aromatic heterocycles. The lowest BCUT2D eigenvalue weighted by Gasteiger charge is -2.16. The van der Waals surface area contributed by atoms with Gasteiger partial charge in [-0.1, -0.05) is 121 Å². The molecule has 0 fully saturated rings. The molecule has 0 aliphatic heterocycles. The first-order chi connectivity index (χ1) is 15.3. The van der Waals surface area contributed by atoms with E-state index >= 15 is 0 Å². The molecule has 32 heavy (non-hydrogen) atoms. The summed E-state index contributed by atoms with van der Waals surface area (Å²) >= 11 is 0. The largest absolute Gasteiger partial charge is 1.00 e. The van der Waals surface area contributed by atoms with Gasteiger partial charge in [-0.25, -0.2) is 0 Å². The molecule has 1 atom stereocenters. The topological polar surface area (TPSA) is 33.1 Å². The molecule has 1 aromatic carbocycles. The summed E-state index contributed by atoms with van der Waals surface area (Å²) in [5.74, 6) is 1.95. The van der Waals surface area contributed by atoms with Gasteiger partial charge in [-0.15, -0.1) is 0 Å². The summed E-state index contributed by atoms with van der Waals surface area (Å²) in [5.41, 5.74) is 1.38. The first kappa shape index (κ1) is 28.7. The molecule has 4 heteroatoms. The average Bonchev–Trinajstić information content (AvgIpc) is 3.31. The lowest BCUT2D eigenvalue weighted by Crippen LogP contribution is -3.06. The molecule has 0 saturated heterocycles. The second kappa shape index (κ2) is 19.2. The molecule has 0 aliphatic carbocycles.